The minimum Gasteiger partial charge on any atom is -0.491 e. The van der Waals surface area contributed by atoms with Crippen LogP contribution in [0.5, 0.6) is 5.75 Å². The Hall–Kier alpha value is -0.590. The average Bonchev–Trinajstić information content (AvgIpc) is 2.41. The van der Waals surface area contributed by atoms with Crippen molar-refractivity contribution in [2.75, 3.05) is 6.61 Å². The number of benzene rings is 1. The second-order valence-corrected chi connectivity index (χ2v) is 6.71. The third kappa shape index (κ3) is 1.85. The van der Waals surface area contributed by atoms with Gasteiger partial charge < -0.3 is 4.74 Å². The maximum Gasteiger partial charge on any atom is 0.294 e. The van der Waals surface area contributed by atoms with Crippen molar-refractivity contribution in [2.45, 2.75) is 24.2 Å². The molecule has 16 heavy (non-hydrogen) atoms. The molecule has 0 fully saturated rings. The van der Waals surface area contributed by atoms with Gasteiger partial charge in [-0.1, -0.05) is 13.8 Å². The summed E-state index contributed by atoms with van der Waals surface area (Å²) in [5.74, 6) is 0.650. The maximum atomic E-state index is 11.1. The fraction of sp³-hybridized carbons (Fsp3) is 0.400. The van der Waals surface area contributed by atoms with E-state index in [9.17, 15) is 8.42 Å². The molecular weight excluding hydrogens is 296 g/mol. The van der Waals surface area contributed by atoms with Crippen LogP contribution in [-0.2, 0) is 15.5 Å². The summed E-state index contributed by atoms with van der Waals surface area (Å²) in [6.45, 7) is 4.41. The molecule has 1 aromatic carbocycles. The molecule has 1 aliphatic rings. The SMILES string of the molecule is CC1(C)COc2c(Br)cc(S(=O)(=O)O)cc21. The van der Waals surface area contributed by atoms with Gasteiger partial charge in [0.1, 0.15) is 5.75 Å². The fourth-order valence-electron chi connectivity index (χ4n) is 1.70. The molecule has 0 amide bonds. The highest BCUT2D eigenvalue weighted by atomic mass is 79.9. The molecule has 1 heterocycles. The monoisotopic (exact) mass is 306 g/mol. The van der Waals surface area contributed by atoms with E-state index in [4.69, 9.17) is 9.29 Å². The molecule has 4 nitrogen and oxygen atoms in total. The molecule has 6 heteroatoms. The molecule has 0 aromatic heterocycles. The third-order valence-electron chi connectivity index (χ3n) is 2.62. The molecule has 0 radical (unpaired) electrons. The zero-order chi connectivity index (χ0) is 12.1. The van der Waals surface area contributed by atoms with Gasteiger partial charge in [-0.3, -0.25) is 4.55 Å². The molecule has 2 rings (SSSR count). The van der Waals surface area contributed by atoms with Crippen LogP contribution in [0.3, 0.4) is 0 Å². The summed E-state index contributed by atoms with van der Waals surface area (Å²) in [5.41, 5.74) is 0.535. The summed E-state index contributed by atoms with van der Waals surface area (Å²) in [7, 11) is -4.18. The number of hydrogen-bond acceptors (Lipinski definition) is 3. The number of halogens is 1. The number of hydrogen-bond donors (Lipinski definition) is 1. The van der Waals surface area contributed by atoms with E-state index in [0.29, 0.717) is 16.8 Å². The Labute approximate surface area is 102 Å². The summed E-state index contributed by atoms with van der Waals surface area (Å²) in [6, 6.07) is 2.80. The highest BCUT2D eigenvalue weighted by molar-refractivity contribution is 9.10. The minimum absolute atomic E-state index is 0.114. The van der Waals surface area contributed by atoms with E-state index in [2.05, 4.69) is 15.9 Å². The average molecular weight is 307 g/mol. The summed E-state index contributed by atoms with van der Waals surface area (Å²) >= 11 is 3.24. The summed E-state index contributed by atoms with van der Waals surface area (Å²) in [5, 5.41) is 0. The van der Waals surface area contributed by atoms with Crippen molar-refractivity contribution in [3.05, 3.63) is 22.2 Å². The lowest BCUT2D eigenvalue weighted by atomic mass is 9.87. The van der Waals surface area contributed by atoms with Crippen LogP contribution in [0.2, 0.25) is 0 Å². The van der Waals surface area contributed by atoms with E-state index in [1.165, 1.54) is 12.1 Å². The van der Waals surface area contributed by atoms with Gasteiger partial charge in [0.15, 0.2) is 0 Å². The Morgan fingerprint density at radius 3 is 2.62 bits per heavy atom. The van der Waals surface area contributed by atoms with Crippen molar-refractivity contribution >= 4 is 26.0 Å². The van der Waals surface area contributed by atoms with E-state index in [-0.39, 0.29) is 10.3 Å². The van der Waals surface area contributed by atoms with Gasteiger partial charge in [-0.25, -0.2) is 0 Å². The van der Waals surface area contributed by atoms with Crippen LogP contribution >= 0.6 is 15.9 Å². The predicted molar refractivity (Wildman–Crippen MR) is 62.5 cm³/mol. The molecule has 0 aliphatic carbocycles. The first-order chi connectivity index (χ1) is 7.22. The Balaban J connectivity index is 2.71. The second-order valence-electron chi connectivity index (χ2n) is 4.43. The zero-order valence-electron chi connectivity index (χ0n) is 8.82. The van der Waals surface area contributed by atoms with Gasteiger partial charge in [0.05, 0.1) is 16.0 Å². The van der Waals surface area contributed by atoms with E-state index >= 15 is 0 Å². The normalized spacial score (nSPS) is 18.0. The second kappa shape index (κ2) is 3.45. The molecule has 1 aromatic rings. The lowest BCUT2D eigenvalue weighted by Gasteiger charge is -2.15. The van der Waals surface area contributed by atoms with Gasteiger partial charge in [-0.15, -0.1) is 0 Å². The quantitative estimate of drug-likeness (QED) is 0.809. The van der Waals surface area contributed by atoms with Crippen LogP contribution in [-0.4, -0.2) is 19.6 Å². The number of fused-ring (bicyclic) bond motifs is 1. The van der Waals surface area contributed by atoms with Crippen LogP contribution in [0.1, 0.15) is 19.4 Å². The van der Waals surface area contributed by atoms with E-state index < -0.39 is 10.1 Å². The standard InChI is InChI=1S/C10H11BrO4S/c1-10(2)5-15-9-7(10)3-6(4-8(9)11)16(12,13)14/h3-4H,5H2,1-2H3,(H,12,13,14). The van der Waals surface area contributed by atoms with Gasteiger partial charge in [0.2, 0.25) is 0 Å². The van der Waals surface area contributed by atoms with Crippen molar-refractivity contribution in [2.24, 2.45) is 0 Å². The molecule has 1 N–H and O–H groups in total. The Morgan fingerprint density at radius 2 is 2.06 bits per heavy atom. The number of ether oxygens (including phenoxy) is 1. The maximum absolute atomic E-state index is 11.1. The molecule has 0 atom stereocenters. The Bertz CT molecular complexity index is 548. The van der Waals surface area contributed by atoms with Crippen molar-refractivity contribution in [3.63, 3.8) is 0 Å². The molecular formula is C10H11BrO4S. The molecule has 0 unspecified atom stereocenters. The molecule has 88 valence electrons. The lowest BCUT2D eigenvalue weighted by molar-refractivity contribution is 0.290. The van der Waals surface area contributed by atoms with Gasteiger partial charge >= 0.3 is 0 Å². The first-order valence-electron chi connectivity index (χ1n) is 4.66. The minimum atomic E-state index is -4.18. The topological polar surface area (TPSA) is 63.6 Å². The van der Waals surface area contributed by atoms with E-state index in [1.54, 1.807) is 0 Å². The molecule has 0 spiro atoms. The Kier molecular flexibility index (Phi) is 2.56. The van der Waals surface area contributed by atoms with Crippen molar-refractivity contribution in [1.29, 1.82) is 0 Å². The first-order valence-corrected chi connectivity index (χ1v) is 6.89. The molecule has 0 bridgehead atoms. The number of rotatable bonds is 1. The highest BCUT2D eigenvalue weighted by Crippen LogP contribution is 2.44. The molecule has 1 aliphatic heterocycles. The summed E-state index contributed by atoms with van der Waals surface area (Å²) in [4.78, 5) is -0.114. The first kappa shape index (κ1) is 11.9. The van der Waals surface area contributed by atoms with Crippen LogP contribution in [0.15, 0.2) is 21.5 Å². The van der Waals surface area contributed by atoms with Gasteiger partial charge in [0, 0.05) is 11.0 Å². The molecule has 0 saturated heterocycles. The van der Waals surface area contributed by atoms with E-state index in [0.717, 1.165) is 5.56 Å². The highest BCUT2D eigenvalue weighted by Gasteiger charge is 2.34. The van der Waals surface area contributed by atoms with Gasteiger partial charge in [-0.2, -0.15) is 8.42 Å². The zero-order valence-corrected chi connectivity index (χ0v) is 11.2. The largest absolute Gasteiger partial charge is 0.491 e. The van der Waals surface area contributed by atoms with Crippen LogP contribution in [0, 0.1) is 0 Å². The van der Waals surface area contributed by atoms with Crippen molar-refractivity contribution < 1.29 is 17.7 Å². The summed E-state index contributed by atoms with van der Waals surface area (Å²) in [6.07, 6.45) is 0. The molecule has 0 saturated carbocycles. The third-order valence-corrected chi connectivity index (χ3v) is 4.04. The van der Waals surface area contributed by atoms with Crippen LogP contribution < -0.4 is 4.74 Å². The predicted octanol–water partition coefficient (Wildman–Crippen LogP) is 2.37. The van der Waals surface area contributed by atoms with Crippen molar-refractivity contribution in [1.82, 2.24) is 0 Å². The van der Waals surface area contributed by atoms with Gasteiger partial charge in [0.25, 0.3) is 10.1 Å². The smallest absolute Gasteiger partial charge is 0.294 e. The fourth-order valence-corrected chi connectivity index (χ4v) is 2.96. The van der Waals surface area contributed by atoms with Crippen LogP contribution in [0.25, 0.3) is 0 Å². The van der Waals surface area contributed by atoms with Gasteiger partial charge in [-0.05, 0) is 28.1 Å². The van der Waals surface area contributed by atoms with Crippen LogP contribution in [0.4, 0.5) is 0 Å². The van der Waals surface area contributed by atoms with Crippen molar-refractivity contribution in [3.8, 4) is 5.75 Å². The Morgan fingerprint density at radius 1 is 1.44 bits per heavy atom. The lowest BCUT2D eigenvalue weighted by Crippen LogP contribution is -2.18. The summed E-state index contributed by atoms with van der Waals surface area (Å²) < 4.78 is 37.2. The van der Waals surface area contributed by atoms with E-state index in [1.807, 2.05) is 13.8 Å².